The Balaban J connectivity index is 1.83. The topological polar surface area (TPSA) is 77.2 Å². The van der Waals surface area contributed by atoms with Crippen LogP contribution in [0.1, 0.15) is 42.1 Å². The lowest BCUT2D eigenvalue weighted by atomic mass is 10.2. The van der Waals surface area contributed by atoms with Crippen molar-refractivity contribution in [2.45, 2.75) is 32.7 Å². The molecular formula is C20H25N3O2. The normalized spacial score (nSPS) is 10.8. The third kappa shape index (κ3) is 6.30. The van der Waals surface area contributed by atoms with Gasteiger partial charge in [0.2, 0.25) is 0 Å². The third-order valence-electron chi connectivity index (χ3n) is 3.61. The monoisotopic (exact) mass is 339 g/mol. The number of ether oxygens (including phenoxy) is 1. The van der Waals surface area contributed by atoms with E-state index < -0.39 is 0 Å². The molecule has 0 radical (unpaired) electrons. The molecule has 5 heteroatoms. The minimum absolute atomic E-state index is 0.230. The van der Waals surface area contributed by atoms with Crippen molar-refractivity contribution in [2.24, 2.45) is 0 Å². The molecule has 0 fully saturated rings. The number of hydrogen-bond donors (Lipinski definition) is 2. The summed E-state index contributed by atoms with van der Waals surface area (Å²) < 4.78 is 5.74. The number of anilines is 1. The fourth-order valence-electron chi connectivity index (χ4n) is 2.28. The molecule has 0 aliphatic rings. The number of carbonyl (C=O) groups excluding carboxylic acids is 1. The number of benzene rings is 1. The number of carbonyl (C=O) groups is 1. The number of hydrogen-bond acceptors (Lipinski definition) is 4. The van der Waals surface area contributed by atoms with E-state index in [0.29, 0.717) is 18.7 Å². The van der Waals surface area contributed by atoms with Crippen LogP contribution in [0.5, 0.6) is 5.75 Å². The van der Waals surface area contributed by atoms with Gasteiger partial charge in [0.15, 0.2) is 0 Å². The predicted octanol–water partition coefficient (Wildman–Crippen LogP) is 3.72. The molecule has 3 N–H and O–H groups in total. The summed E-state index contributed by atoms with van der Waals surface area (Å²) in [5, 5.41) is 2.85. The highest BCUT2D eigenvalue weighted by atomic mass is 16.5. The van der Waals surface area contributed by atoms with Gasteiger partial charge in [-0.3, -0.25) is 4.79 Å². The van der Waals surface area contributed by atoms with Crippen LogP contribution in [0.15, 0.2) is 54.7 Å². The van der Waals surface area contributed by atoms with E-state index >= 15 is 0 Å². The van der Waals surface area contributed by atoms with Crippen LogP contribution in [0.2, 0.25) is 0 Å². The standard InChI is InChI=1S/C20H25N3O2/c1-2-3-4-5-6-13-25-17-10-7-9-16(14-17)15-23-20(24)18-11-8-12-22-19(18)21/h4-5,7-12,14H,2-3,6,13,15H2,1H3,(H2,21,22)(H,23,24). The number of nitrogens with one attached hydrogen (secondary N) is 1. The second kappa shape index (κ2) is 10.1. The Morgan fingerprint density at radius 2 is 2.08 bits per heavy atom. The summed E-state index contributed by atoms with van der Waals surface area (Å²) in [4.78, 5) is 16.1. The first-order valence-corrected chi connectivity index (χ1v) is 8.56. The van der Waals surface area contributed by atoms with Crippen LogP contribution in [0.25, 0.3) is 0 Å². The Hall–Kier alpha value is -2.82. The molecule has 0 saturated carbocycles. The highest BCUT2D eigenvalue weighted by Crippen LogP contribution is 2.14. The van der Waals surface area contributed by atoms with E-state index in [1.54, 1.807) is 18.3 Å². The lowest BCUT2D eigenvalue weighted by molar-refractivity contribution is 0.0951. The van der Waals surface area contributed by atoms with Crippen molar-refractivity contribution in [3.05, 3.63) is 65.9 Å². The molecular weight excluding hydrogens is 314 g/mol. The third-order valence-corrected chi connectivity index (χ3v) is 3.61. The summed E-state index contributed by atoms with van der Waals surface area (Å²) >= 11 is 0. The lowest BCUT2D eigenvalue weighted by Crippen LogP contribution is -2.24. The minimum atomic E-state index is -0.238. The van der Waals surface area contributed by atoms with Gasteiger partial charge in [0.05, 0.1) is 12.2 Å². The number of rotatable bonds is 9. The van der Waals surface area contributed by atoms with Crippen molar-refractivity contribution in [3.8, 4) is 5.75 Å². The maximum absolute atomic E-state index is 12.2. The van der Waals surface area contributed by atoms with Crippen molar-refractivity contribution >= 4 is 11.7 Å². The average molecular weight is 339 g/mol. The Morgan fingerprint density at radius 1 is 1.24 bits per heavy atom. The summed E-state index contributed by atoms with van der Waals surface area (Å²) in [7, 11) is 0. The molecule has 0 atom stereocenters. The van der Waals surface area contributed by atoms with Gasteiger partial charge in [0.25, 0.3) is 5.91 Å². The van der Waals surface area contributed by atoms with E-state index in [-0.39, 0.29) is 11.7 Å². The van der Waals surface area contributed by atoms with Crippen LogP contribution < -0.4 is 15.8 Å². The number of nitrogens with zero attached hydrogens (tertiary/aromatic N) is 1. The van der Waals surface area contributed by atoms with Gasteiger partial charge in [-0.05, 0) is 42.7 Å². The molecule has 0 unspecified atom stereocenters. The Kier molecular flexibility index (Phi) is 7.50. The molecule has 5 nitrogen and oxygen atoms in total. The summed E-state index contributed by atoms with van der Waals surface area (Å²) in [5.41, 5.74) is 7.07. The van der Waals surface area contributed by atoms with E-state index in [9.17, 15) is 4.79 Å². The number of allylic oxidation sites excluding steroid dienone is 1. The van der Waals surface area contributed by atoms with Crippen LogP contribution in [-0.2, 0) is 6.54 Å². The largest absolute Gasteiger partial charge is 0.493 e. The molecule has 0 bridgehead atoms. The molecule has 1 aromatic carbocycles. The number of aromatic nitrogens is 1. The van der Waals surface area contributed by atoms with Crippen molar-refractivity contribution in [1.82, 2.24) is 10.3 Å². The minimum Gasteiger partial charge on any atom is -0.493 e. The van der Waals surface area contributed by atoms with Crippen LogP contribution in [0, 0.1) is 0 Å². The van der Waals surface area contributed by atoms with Crippen LogP contribution in [0.4, 0.5) is 5.82 Å². The quantitative estimate of drug-likeness (QED) is 0.539. The van der Waals surface area contributed by atoms with E-state index in [0.717, 1.165) is 30.6 Å². The summed E-state index contributed by atoms with van der Waals surface area (Å²) in [6.07, 6.45) is 9.05. The second-order valence-corrected chi connectivity index (χ2v) is 5.66. The van der Waals surface area contributed by atoms with Crippen molar-refractivity contribution in [2.75, 3.05) is 12.3 Å². The first-order chi connectivity index (χ1) is 12.2. The molecule has 0 spiro atoms. The average Bonchev–Trinajstić information content (AvgIpc) is 2.63. The maximum atomic E-state index is 12.2. The van der Waals surface area contributed by atoms with Crippen molar-refractivity contribution < 1.29 is 9.53 Å². The van der Waals surface area contributed by atoms with Gasteiger partial charge in [0.1, 0.15) is 11.6 Å². The highest BCUT2D eigenvalue weighted by Gasteiger charge is 2.09. The van der Waals surface area contributed by atoms with E-state index in [1.807, 2.05) is 24.3 Å². The van der Waals surface area contributed by atoms with Gasteiger partial charge in [-0.2, -0.15) is 0 Å². The molecule has 0 saturated heterocycles. The molecule has 1 aromatic heterocycles. The second-order valence-electron chi connectivity index (χ2n) is 5.66. The fourth-order valence-corrected chi connectivity index (χ4v) is 2.28. The summed E-state index contributed by atoms with van der Waals surface area (Å²) in [6.45, 7) is 3.21. The fraction of sp³-hybridized carbons (Fsp3) is 0.300. The van der Waals surface area contributed by atoms with E-state index in [2.05, 4.69) is 29.4 Å². The first-order valence-electron chi connectivity index (χ1n) is 8.56. The van der Waals surface area contributed by atoms with Gasteiger partial charge in [0, 0.05) is 12.7 Å². The lowest BCUT2D eigenvalue weighted by Gasteiger charge is -2.09. The molecule has 0 aliphatic heterocycles. The Labute approximate surface area is 148 Å². The maximum Gasteiger partial charge on any atom is 0.255 e. The van der Waals surface area contributed by atoms with Gasteiger partial charge >= 0.3 is 0 Å². The van der Waals surface area contributed by atoms with E-state index in [4.69, 9.17) is 10.5 Å². The van der Waals surface area contributed by atoms with Gasteiger partial charge < -0.3 is 15.8 Å². The van der Waals surface area contributed by atoms with Crippen molar-refractivity contribution in [3.63, 3.8) is 0 Å². The molecule has 0 aliphatic carbocycles. The highest BCUT2D eigenvalue weighted by molar-refractivity contribution is 5.98. The molecule has 2 rings (SSSR count). The molecule has 2 aromatic rings. The molecule has 1 amide bonds. The van der Waals surface area contributed by atoms with Crippen molar-refractivity contribution in [1.29, 1.82) is 0 Å². The van der Waals surface area contributed by atoms with Gasteiger partial charge in [-0.15, -0.1) is 0 Å². The van der Waals surface area contributed by atoms with E-state index in [1.165, 1.54) is 0 Å². The van der Waals surface area contributed by atoms with Crippen LogP contribution >= 0.6 is 0 Å². The zero-order valence-corrected chi connectivity index (χ0v) is 14.6. The summed E-state index contributed by atoms with van der Waals surface area (Å²) in [5.74, 6) is 0.794. The number of amides is 1. The smallest absolute Gasteiger partial charge is 0.255 e. The van der Waals surface area contributed by atoms with Gasteiger partial charge in [-0.1, -0.05) is 37.6 Å². The predicted molar refractivity (Wildman–Crippen MR) is 100 cm³/mol. The zero-order chi connectivity index (χ0) is 17.9. The number of nitrogen functional groups attached to an aromatic ring is 1. The number of unbranched alkanes of at least 4 members (excludes halogenated alkanes) is 1. The Morgan fingerprint density at radius 3 is 2.88 bits per heavy atom. The molecule has 132 valence electrons. The van der Waals surface area contributed by atoms with Gasteiger partial charge in [-0.25, -0.2) is 4.98 Å². The van der Waals surface area contributed by atoms with Crippen LogP contribution in [-0.4, -0.2) is 17.5 Å². The van der Waals surface area contributed by atoms with Crippen LogP contribution in [0.3, 0.4) is 0 Å². The summed E-state index contributed by atoms with van der Waals surface area (Å²) in [6, 6.07) is 11.1. The molecule has 25 heavy (non-hydrogen) atoms. The zero-order valence-electron chi connectivity index (χ0n) is 14.6. The number of pyridine rings is 1. The SMILES string of the molecule is CCCC=CCCOc1cccc(CNC(=O)c2cccnc2N)c1. The number of nitrogens with two attached hydrogens (primary N) is 1. The molecule has 1 heterocycles. The first kappa shape index (κ1) is 18.5. The Bertz CT molecular complexity index is 714.